The number of carbonyl (C=O) groups excluding carboxylic acids is 1. The van der Waals surface area contributed by atoms with Crippen molar-refractivity contribution in [2.24, 2.45) is 11.7 Å². The molecule has 2 N–H and O–H groups in total. The van der Waals surface area contributed by atoms with Crippen LogP contribution in [0.2, 0.25) is 0 Å². The molecule has 23 heavy (non-hydrogen) atoms. The summed E-state index contributed by atoms with van der Waals surface area (Å²) in [6.07, 6.45) is 0.995. The topological polar surface area (TPSA) is 52.8 Å². The van der Waals surface area contributed by atoms with E-state index in [1.807, 2.05) is 6.07 Å². The van der Waals surface area contributed by atoms with Gasteiger partial charge in [0.1, 0.15) is 0 Å². The normalized spacial score (nSPS) is 23.3. The van der Waals surface area contributed by atoms with E-state index in [4.69, 9.17) is 5.73 Å². The maximum atomic E-state index is 12.7. The maximum Gasteiger partial charge on any atom is 0.227 e. The van der Waals surface area contributed by atoms with E-state index in [0.29, 0.717) is 12.5 Å². The highest BCUT2D eigenvalue weighted by molar-refractivity contribution is 5.79. The highest BCUT2D eigenvalue weighted by atomic mass is 16.2. The Morgan fingerprint density at radius 1 is 1.04 bits per heavy atom. The Labute approximate surface area is 139 Å². The van der Waals surface area contributed by atoms with Crippen molar-refractivity contribution in [1.29, 1.82) is 0 Å². The van der Waals surface area contributed by atoms with Gasteiger partial charge in [0.25, 0.3) is 0 Å². The Morgan fingerprint density at radius 2 is 1.78 bits per heavy atom. The first-order valence-corrected chi connectivity index (χ1v) is 8.74. The van der Waals surface area contributed by atoms with Crippen LogP contribution in [-0.2, 0) is 11.3 Å². The van der Waals surface area contributed by atoms with Crippen LogP contribution in [0.5, 0.6) is 0 Å². The molecule has 3 rings (SSSR count). The lowest BCUT2D eigenvalue weighted by atomic mass is 10.1. The number of rotatable bonds is 5. The van der Waals surface area contributed by atoms with Crippen molar-refractivity contribution in [1.82, 2.24) is 14.7 Å². The first kappa shape index (κ1) is 16.4. The third kappa shape index (κ3) is 4.31. The molecule has 2 fully saturated rings. The van der Waals surface area contributed by atoms with Gasteiger partial charge >= 0.3 is 0 Å². The molecule has 1 amide bonds. The quantitative estimate of drug-likeness (QED) is 0.865. The van der Waals surface area contributed by atoms with Gasteiger partial charge in [-0.3, -0.25) is 14.6 Å². The Morgan fingerprint density at radius 3 is 2.48 bits per heavy atom. The van der Waals surface area contributed by atoms with Crippen LogP contribution in [0.15, 0.2) is 30.3 Å². The third-order valence-electron chi connectivity index (χ3n) is 5.00. The van der Waals surface area contributed by atoms with E-state index in [-0.39, 0.29) is 5.92 Å². The first-order valence-electron chi connectivity index (χ1n) is 8.74. The summed E-state index contributed by atoms with van der Waals surface area (Å²) in [5, 5.41) is 0. The summed E-state index contributed by atoms with van der Waals surface area (Å²) in [5.74, 6) is 0.535. The van der Waals surface area contributed by atoms with Gasteiger partial charge in [0, 0.05) is 52.4 Å². The molecule has 1 atom stereocenters. The van der Waals surface area contributed by atoms with Crippen molar-refractivity contribution in [3.8, 4) is 0 Å². The Kier molecular flexibility index (Phi) is 5.65. The number of amides is 1. The molecule has 0 saturated carbocycles. The highest BCUT2D eigenvalue weighted by Crippen LogP contribution is 2.21. The Bertz CT molecular complexity index is 499. The Balaban J connectivity index is 1.46. The number of carbonyl (C=O) groups is 1. The fraction of sp³-hybridized carbons (Fsp3) is 0.611. The van der Waals surface area contributed by atoms with Crippen LogP contribution in [0, 0.1) is 5.92 Å². The van der Waals surface area contributed by atoms with Crippen LogP contribution in [0.3, 0.4) is 0 Å². The molecule has 126 valence electrons. The van der Waals surface area contributed by atoms with E-state index in [9.17, 15) is 4.79 Å². The van der Waals surface area contributed by atoms with E-state index in [1.165, 1.54) is 5.56 Å². The molecule has 2 aliphatic heterocycles. The number of likely N-dealkylation sites (tertiary alicyclic amines) is 1. The Hall–Kier alpha value is -1.43. The summed E-state index contributed by atoms with van der Waals surface area (Å²) < 4.78 is 0. The van der Waals surface area contributed by atoms with E-state index >= 15 is 0 Å². The second-order valence-corrected chi connectivity index (χ2v) is 6.66. The van der Waals surface area contributed by atoms with Gasteiger partial charge in [-0.25, -0.2) is 0 Å². The SMILES string of the molecule is NCCN1CCN(C(=O)C2CCN(Cc3ccccc3)C2)CC1. The molecule has 1 aromatic rings. The van der Waals surface area contributed by atoms with Gasteiger partial charge in [0.15, 0.2) is 0 Å². The van der Waals surface area contributed by atoms with Crippen LogP contribution in [0.4, 0.5) is 0 Å². The zero-order chi connectivity index (χ0) is 16.1. The molecule has 5 nitrogen and oxygen atoms in total. The number of hydrogen-bond acceptors (Lipinski definition) is 4. The highest BCUT2D eigenvalue weighted by Gasteiger charge is 2.32. The van der Waals surface area contributed by atoms with E-state index < -0.39 is 0 Å². The molecule has 5 heteroatoms. The predicted molar refractivity (Wildman–Crippen MR) is 91.9 cm³/mol. The molecule has 0 aliphatic carbocycles. The predicted octanol–water partition coefficient (Wildman–Crippen LogP) is 0.611. The summed E-state index contributed by atoms with van der Waals surface area (Å²) in [5.41, 5.74) is 6.93. The number of piperazine rings is 1. The van der Waals surface area contributed by atoms with Gasteiger partial charge in [-0.15, -0.1) is 0 Å². The van der Waals surface area contributed by atoms with Gasteiger partial charge in [-0.1, -0.05) is 30.3 Å². The second-order valence-electron chi connectivity index (χ2n) is 6.66. The lowest BCUT2D eigenvalue weighted by Crippen LogP contribution is -2.51. The van der Waals surface area contributed by atoms with Gasteiger partial charge in [0.2, 0.25) is 5.91 Å². The van der Waals surface area contributed by atoms with E-state index in [2.05, 4.69) is 39.0 Å². The second kappa shape index (κ2) is 7.90. The number of nitrogens with two attached hydrogens (primary N) is 1. The monoisotopic (exact) mass is 316 g/mol. The molecule has 0 radical (unpaired) electrons. The zero-order valence-electron chi connectivity index (χ0n) is 13.9. The van der Waals surface area contributed by atoms with Crippen molar-refractivity contribution in [2.45, 2.75) is 13.0 Å². The minimum absolute atomic E-state index is 0.180. The summed E-state index contributed by atoms with van der Waals surface area (Å²) in [6, 6.07) is 10.5. The average molecular weight is 316 g/mol. The summed E-state index contributed by atoms with van der Waals surface area (Å²) in [7, 11) is 0. The van der Waals surface area contributed by atoms with Crippen molar-refractivity contribution >= 4 is 5.91 Å². The van der Waals surface area contributed by atoms with Gasteiger partial charge < -0.3 is 10.6 Å². The molecule has 2 saturated heterocycles. The summed E-state index contributed by atoms with van der Waals surface area (Å²) in [4.78, 5) is 19.5. The zero-order valence-corrected chi connectivity index (χ0v) is 13.9. The minimum atomic E-state index is 0.180. The lowest BCUT2D eigenvalue weighted by molar-refractivity contribution is -0.136. The molecule has 1 unspecified atom stereocenters. The number of nitrogens with zero attached hydrogens (tertiary/aromatic N) is 3. The van der Waals surface area contributed by atoms with Crippen LogP contribution < -0.4 is 5.73 Å². The maximum absolute atomic E-state index is 12.7. The molecule has 0 aromatic heterocycles. The fourth-order valence-electron chi connectivity index (χ4n) is 3.65. The fourth-order valence-corrected chi connectivity index (χ4v) is 3.65. The molecular weight excluding hydrogens is 288 g/mol. The third-order valence-corrected chi connectivity index (χ3v) is 5.00. The minimum Gasteiger partial charge on any atom is -0.340 e. The first-order chi connectivity index (χ1) is 11.3. The van der Waals surface area contributed by atoms with E-state index in [0.717, 1.165) is 58.8 Å². The standard InChI is InChI=1S/C18H28N4O/c19-7-9-20-10-12-22(13-11-20)18(23)17-6-8-21(15-17)14-16-4-2-1-3-5-16/h1-5,17H,6-15,19H2. The largest absolute Gasteiger partial charge is 0.340 e. The average Bonchev–Trinajstić information content (AvgIpc) is 3.05. The van der Waals surface area contributed by atoms with Crippen molar-refractivity contribution in [2.75, 3.05) is 52.4 Å². The molecular formula is C18H28N4O. The molecule has 0 bridgehead atoms. The molecule has 0 spiro atoms. The van der Waals surface area contributed by atoms with E-state index in [1.54, 1.807) is 0 Å². The number of benzene rings is 1. The smallest absolute Gasteiger partial charge is 0.227 e. The van der Waals surface area contributed by atoms with Gasteiger partial charge in [-0.2, -0.15) is 0 Å². The van der Waals surface area contributed by atoms with Crippen LogP contribution in [-0.4, -0.2) is 73.0 Å². The van der Waals surface area contributed by atoms with Crippen LogP contribution in [0.1, 0.15) is 12.0 Å². The van der Waals surface area contributed by atoms with Gasteiger partial charge in [0.05, 0.1) is 5.92 Å². The molecule has 2 aliphatic rings. The van der Waals surface area contributed by atoms with Crippen molar-refractivity contribution in [3.63, 3.8) is 0 Å². The summed E-state index contributed by atoms with van der Waals surface area (Å²) in [6.45, 7) is 8.15. The van der Waals surface area contributed by atoms with Crippen LogP contribution >= 0.6 is 0 Å². The lowest BCUT2D eigenvalue weighted by Gasteiger charge is -2.35. The van der Waals surface area contributed by atoms with Gasteiger partial charge in [-0.05, 0) is 18.5 Å². The van der Waals surface area contributed by atoms with Crippen LogP contribution in [0.25, 0.3) is 0 Å². The molecule has 2 heterocycles. The van der Waals surface area contributed by atoms with Crippen molar-refractivity contribution in [3.05, 3.63) is 35.9 Å². The number of hydrogen-bond donors (Lipinski definition) is 1. The molecule has 1 aromatic carbocycles. The summed E-state index contributed by atoms with van der Waals surface area (Å²) >= 11 is 0. The van der Waals surface area contributed by atoms with Crippen molar-refractivity contribution < 1.29 is 4.79 Å².